The van der Waals surface area contributed by atoms with E-state index in [1.54, 1.807) is 39.3 Å². The molecule has 1 aromatic carbocycles. The lowest BCUT2D eigenvalue weighted by atomic mass is 10.0. The third-order valence-corrected chi connectivity index (χ3v) is 7.78. The average molecular weight is 528 g/mol. The summed E-state index contributed by atoms with van der Waals surface area (Å²) in [6.07, 6.45) is 1.74. The molecule has 11 heteroatoms. The fourth-order valence-electron chi connectivity index (χ4n) is 4.43. The number of halogens is 1. The van der Waals surface area contributed by atoms with Crippen molar-refractivity contribution >= 4 is 51.8 Å². The van der Waals surface area contributed by atoms with Crippen molar-refractivity contribution in [2.24, 2.45) is 7.05 Å². The summed E-state index contributed by atoms with van der Waals surface area (Å²) >= 11 is 6.60. The predicted molar refractivity (Wildman–Crippen MR) is 144 cm³/mol. The van der Waals surface area contributed by atoms with Crippen molar-refractivity contribution in [3.8, 4) is 6.07 Å². The van der Waals surface area contributed by atoms with Crippen molar-refractivity contribution < 1.29 is 13.9 Å². The monoisotopic (exact) mass is 527 g/mol. The second kappa shape index (κ2) is 10.8. The van der Waals surface area contributed by atoms with Gasteiger partial charge in [-0.05, 0) is 42.8 Å². The van der Waals surface area contributed by atoms with Crippen LogP contribution in [0.25, 0.3) is 6.08 Å². The second-order valence-electron chi connectivity index (χ2n) is 8.49. The molecule has 2 fully saturated rings. The maximum absolute atomic E-state index is 13.3. The van der Waals surface area contributed by atoms with E-state index in [1.807, 2.05) is 6.07 Å². The van der Waals surface area contributed by atoms with Crippen molar-refractivity contribution in [2.45, 2.75) is 6.92 Å². The van der Waals surface area contributed by atoms with Gasteiger partial charge in [-0.3, -0.25) is 19.1 Å². The van der Waals surface area contributed by atoms with Crippen LogP contribution in [0.5, 0.6) is 0 Å². The Bertz CT molecular complexity index is 1330. The third kappa shape index (κ3) is 4.89. The van der Waals surface area contributed by atoms with Gasteiger partial charge in [0.1, 0.15) is 27.6 Å². The number of benzene rings is 1. The zero-order valence-corrected chi connectivity index (χ0v) is 21.9. The number of aromatic nitrogens is 1. The number of anilines is 2. The van der Waals surface area contributed by atoms with Crippen molar-refractivity contribution in [3.63, 3.8) is 0 Å². The van der Waals surface area contributed by atoms with Gasteiger partial charge in [-0.25, -0.2) is 4.39 Å². The molecule has 1 aromatic heterocycles. The fourth-order valence-corrected chi connectivity index (χ4v) is 5.72. The molecule has 188 valence electrons. The van der Waals surface area contributed by atoms with Crippen LogP contribution in [0.1, 0.15) is 16.7 Å². The molecule has 2 aliphatic heterocycles. The van der Waals surface area contributed by atoms with E-state index in [9.17, 15) is 19.2 Å². The smallest absolute Gasteiger partial charge is 0.270 e. The Morgan fingerprint density at radius 2 is 1.81 bits per heavy atom. The van der Waals surface area contributed by atoms with E-state index >= 15 is 0 Å². The molecule has 2 saturated heterocycles. The number of carbonyl (C=O) groups excluding carboxylic acids is 1. The largest absolute Gasteiger partial charge is 0.383 e. The van der Waals surface area contributed by atoms with Crippen LogP contribution < -0.4 is 15.4 Å². The summed E-state index contributed by atoms with van der Waals surface area (Å²) in [6, 6.07) is 8.41. The fraction of sp³-hybridized carbons (Fsp3) is 0.360. The first kappa shape index (κ1) is 25.9. The number of piperazine rings is 1. The molecule has 8 nitrogen and oxygen atoms in total. The third-order valence-electron chi connectivity index (χ3n) is 6.41. The van der Waals surface area contributed by atoms with E-state index in [-0.39, 0.29) is 22.8 Å². The summed E-state index contributed by atoms with van der Waals surface area (Å²) in [4.78, 5) is 32.3. The number of amides is 1. The van der Waals surface area contributed by atoms with Crippen LogP contribution >= 0.6 is 24.0 Å². The summed E-state index contributed by atoms with van der Waals surface area (Å²) < 4.78 is 20.4. The molecule has 1 amide bonds. The summed E-state index contributed by atoms with van der Waals surface area (Å²) in [7, 11) is 3.21. The number of pyridine rings is 1. The summed E-state index contributed by atoms with van der Waals surface area (Å²) in [5.41, 5.74) is 1.78. The number of hydrogen-bond donors (Lipinski definition) is 0. The molecule has 3 heterocycles. The Morgan fingerprint density at radius 3 is 2.42 bits per heavy atom. The highest BCUT2D eigenvalue weighted by Gasteiger charge is 2.33. The second-order valence-corrected chi connectivity index (χ2v) is 10.2. The minimum absolute atomic E-state index is 0.0484. The molecular formula is C25H26FN5O3S2. The first-order chi connectivity index (χ1) is 17.3. The Kier molecular flexibility index (Phi) is 7.78. The summed E-state index contributed by atoms with van der Waals surface area (Å²) in [5, 5.41) is 9.68. The van der Waals surface area contributed by atoms with Crippen molar-refractivity contribution in [1.29, 1.82) is 5.26 Å². The van der Waals surface area contributed by atoms with Gasteiger partial charge in [0.15, 0.2) is 0 Å². The van der Waals surface area contributed by atoms with Gasteiger partial charge in [0, 0.05) is 51.6 Å². The number of nitriles is 1. The average Bonchev–Trinajstić information content (AvgIpc) is 3.14. The van der Waals surface area contributed by atoms with Gasteiger partial charge in [-0.2, -0.15) is 5.26 Å². The van der Waals surface area contributed by atoms with E-state index in [4.69, 9.17) is 17.0 Å². The van der Waals surface area contributed by atoms with Crippen molar-refractivity contribution in [1.82, 2.24) is 9.47 Å². The van der Waals surface area contributed by atoms with E-state index in [1.165, 1.54) is 33.4 Å². The van der Waals surface area contributed by atoms with Crippen LogP contribution in [0.2, 0.25) is 0 Å². The molecule has 2 aliphatic rings. The first-order valence-corrected chi connectivity index (χ1v) is 12.6. The van der Waals surface area contributed by atoms with Crippen molar-refractivity contribution in [2.75, 3.05) is 56.2 Å². The van der Waals surface area contributed by atoms with Gasteiger partial charge < -0.3 is 14.5 Å². The van der Waals surface area contributed by atoms with Crippen LogP contribution in [-0.2, 0) is 16.6 Å². The van der Waals surface area contributed by atoms with Crippen LogP contribution in [0.4, 0.5) is 15.9 Å². The van der Waals surface area contributed by atoms with Gasteiger partial charge in [-0.15, -0.1) is 0 Å². The Labute approximate surface area is 218 Å². The number of thioether (sulfide) groups is 1. The zero-order chi connectivity index (χ0) is 26.0. The van der Waals surface area contributed by atoms with E-state index < -0.39 is 0 Å². The maximum atomic E-state index is 13.3. The number of thiocarbonyl (C=S) groups is 1. The van der Waals surface area contributed by atoms with Crippen molar-refractivity contribution in [3.05, 3.63) is 62.0 Å². The minimum Gasteiger partial charge on any atom is -0.383 e. The summed E-state index contributed by atoms with van der Waals surface area (Å²) in [5.74, 6) is 0.149. The normalized spacial score (nSPS) is 17.3. The Morgan fingerprint density at radius 1 is 1.17 bits per heavy atom. The quantitative estimate of drug-likeness (QED) is 0.419. The Hall–Kier alpha value is -3.20. The van der Waals surface area contributed by atoms with Gasteiger partial charge in [-0.1, -0.05) is 24.0 Å². The molecule has 0 spiro atoms. The zero-order valence-electron chi connectivity index (χ0n) is 20.3. The number of rotatable bonds is 6. The summed E-state index contributed by atoms with van der Waals surface area (Å²) in [6.45, 7) is 4.98. The lowest BCUT2D eigenvalue weighted by Crippen LogP contribution is -2.48. The lowest BCUT2D eigenvalue weighted by Gasteiger charge is -2.38. The number of carbonyl (C=O) groups is 1. The standard InChI is InChI=1S/C25H26FN5O3S2/c1-16-19(14-21-24(33)31(12-13-34-3)25(35)36-21)22(28(2)23(32)20(16)15-27)30-10-8-29(9-11-30)18-6-4-17(26)5-7-18/h4-7,14H,8-13H2,1-3H3. The number of hydrogen-bond acceptors (Lipinski definition) is 8. The molecule has 36 heavy (non-hydrogen) atoms. The van der Waals surface area contributed by atoms with Crippen LogP contribution in [0.3, 0.4) is 0 Å². The minimum atomic E-state index is -0.379. The molecule has 4 rings (SSSR count). The highest BCUT2D eigenvalue weighted by Crippen LogP contribution is 2.36. The predicted octanol–water partition coefficient (Wildman–Crippen LogP) is 2.88. The number of methoxy groups -OCH3 is 1. The topological polar surface area (TPSA) is 81.8 Å². The van der Waals surface area contributed by atoms with Crippen LogP contribution in [0, 0.1) is 24.1 Å². The molecule has 2 aromatic rings. The molecule has 0 bridgehead atoms. The van der Waals surface area contributed by atoms with E-state index in [0.29, 0.717) is 65.5 Å². The molecule has 0 aliphatic carbocycles. The van der Waals surface area contributed by atoms with E-state index in [2.05, 4.69) is 9.80 Å². The molecule has 0 saturated carbocycles. The lowest BCUT2D eigenvalue weighted by molar-refractivity contribution is -0.122. The SMILES string of the molecule is COCCN1C(=O)C(=Cc2c(C)c(C#N)c(=O)n(C)c2N2CCN(c3ccc(F)cc3)CC2)SC1=S. The molecule has 0 N–H and O–H groups in total. The molecule has 0 radical (unpaired) electrons. The Balaban J connectivity index is 1.70. The maximum Gasteiger partial charge on any atom is 0.270 e. The highest BCUT2D eigenvalue weighted by molar-refractivity contribution is 8.26. The highest BCUT2D eigenvalue weighted by atomic mass is 32.2. The van der Waals surface area contributed by atoms with E-state index in [0.717, 1.165) is 5.69 Å². The van der Waals surface area contributed by atoms with Gasteiger partial charge in [0.05, 0.1) is 18.1 Å². The van der Waals surface area contributed by atoms with Gasteiger partial charge in [0.2, 0.25) is 0 Å². The molecule has 0 atom stereocenters. The van der Waals surface area contributed by atoms with Crippen LogP contribution in [-0.4, -0.2) is 66.1 Å². The van der Waals surface area contributed by atoms with Gasteiger partial charge in [0.25, 0.3) is 11.5 Å². The van der Waals surface area contributed by atoms with Gasteiger partial charge >= 0.3 is 0 Å². The molecule has 0 unspecified atom stereocenters. The first-order valence-electron chi connectivity index (χ1n) is 11.4. The molecular weight excluding hydrogens is 501 g/mol. The number of nitrogens with zero attached hydrogens (tertiary/aromatic N) is 5. The van der Waals surface area contributed by atoms with Crippen LogP contribution in [0.15, 0.2) is 34.0 Å². The number of ether oxygens (including phenoxy) is 1.